The molecule has 0 N–H and O–H groups in total. The predicted octanol–water partition coefficient (Wildman–Crippen LogP) is 14.9. The fourth-order valence-corrected chi connectivity index (χ4v) is 8.01. The van der Waals surface area contributed by atoms with Gasteiger partial charge in [-0.3, -0.25) is 0 Å². The van der Waals surface area contributed by atoms with E-state index in [9.17, 15) is 0 Å². The van der Waals surface area contributed by atoms with Crippen LogP contribution in [0, 0.1) is 0 Å². The summed E-state index contributed by atoms with van der Waals surface area (Å²) in [4.78, 5) is 15.9. The van der Waals surface area contributed by atoms with E-state index in [1.807, 2.05) is 0 Å². The summed E-state index contributed by atoms with van der Waals surface area (Å²) in [6.45, 7) is 0. The maximum atomic E-state index is 5.35. The molecule has 0 amide bonds. The number of hydrogen-bond acceptors (Lipinski definition) is 3. The molecular weight excluding hydrogens is 727 g/mol. The summed E-state index contributed by atoms with van der Waals surface area (Å²) in [6.07, 6.45) is 0. The molecule has 60 heavy (non-hydrogen) atoms. The van der Waals surface area contributed by atoms with Gasteiger partial charge in [0, 0.05) is 16.7 Å². The van der Waals surface area contributed by atoms with Gasteiger partial charge in [-0.25, -0.2) is 15.0 Å². The Morgan fingerprint density at radius 1 is 0.167 bits per heavy atom. The van der Waals surface area contributed by atoms with Crippen molar-refractivity contribution in [3.63, 3.8) is 0 Å². The minimum atomic E-state index is 0.606. The quantitative estimate of drug-likeness (QED) is 0.147. The normalized spacial score (nSPS) is 11.0. The molecule has 3 heteroatoms. The first-order valence-corrected chi connectivity index (χ1v) is 20.3. The molecule has 0 bridgehead atoms. The molecule has 9 aromatic carbocycles. The van der Waals surface area contributed by atoms with Crippen molar-refractivity contribution in [2.24, 2.45) is 0 Å². The lowest BCUT2D eigenvalue weighted by molar-refractivity contribution is 1.07. The fraction of sp³-hybridized carbons (Fsp3) is 0. The Balaban J connectivity index is 1.16. The SMILES string of the molecule is c1ccc(-c2cc(-c3ccccc3)cc(-c3nc(-c4ccc(-c5ccccc5-c5ccccc5)cc4)nc(-c4ccccc4-c4ccccc4-c4ccccc4)n3)c2)cc1. The maximum Gasteiger partial charge on any atom is 0.164 e. The van der Waals surface area contributed by atoms with Crippen LogP contribution < -0.4 is 0 Å². The number of aromatic nitrogens is 3. The van der Waals surface area contributed by atoms with Crippen LogP contribution in [0.2, 0.25) is 0 Å². The highest BCUT2D eigenvalue weighted by molar-refractivity contribution is 5.91. The Morgan fingerprint density at radius 3 is 0.917 bits per heavy atom. The second-order valence-electron chi connectivity index (χ2n) is 14.8. The lowest BCUT2D eigenvalue weighted by Crippen LogP contribution is -2.02. The van der Waals surface area contributed by atoms with Crippen molar-refractivity contribution in [1.82, 2.24) is 15.0 Å². The summed E-state index contributed by atoms with van der Waals surface area (Å²) in [5.74, 6) is 1.82. The highest BCUT2D eigenvalue weighted by Gasteiger charge is 2.19. The Labute approximate surface area is 351 Å². The first kappa shape index (κ1) is 36.3. The lowest BCUT2D eigenvalue weighted by atomic mass is 9.91. The molecule has 282 valence electrons. The fourth-order valence-electron chi connectivity index (χ4n) is 8.01. The molecule has 0 saturated carbocycles. The summed E-state index contributed by atoms with van der Waals surface area (Å²) >= 11 is 0. The van der Waals surface area contributed by atoms with Crippen molar-refractivity contribution >= 4 is 0 Å². The third-order valence-corrected chi connectivity index (χ3v) is 11.0. The molecule has 0 aliphatic rings. The van der Waals surface area contributed by atoms with Crippen molar-refractivity contribution in [3.05, 3.63) is 237 Å². The van der Waals surface area contributed by atoms with Crippen LogP contribution in [-0.2, 0) is 0 Å². The van der Waals surface area contributed by atoms with E-state index in [2.05, 4.69) is 237 Å². The molecule has 0 saturated heterocycles. The van der Waals surface area contributed by atoms with Gasteiger partial charge in [0.05, 0.1) is 0 Å². The molecule has 10 aromatic rings. The van der Waals surface area contributed by atoms with Gasteiger partial charge in [-0.2, -0.15) is 0 Å². The third-order valence-electron chi connectivity index (χ3n) is 11.0. The zero-order valence-corrected chi connectivity index (χ0v) is 32.9. The molecule has 3 nitrogen and oxygen atoms in total. The Kier molecular flexibility index (Phi) is 9.97. The first-order valence-electron chi connectivity index (χ1n) is 20.3. The van der Waals surface area contributed by atoms with E-state index < -0.39 is 0 Å². The van der Waals surface area contributed by atoms with Gasteiger partial charge in [0.2, 0.25) is 0 Å². The zero-order valence-electron chi connectivity index (χ0n) is 32.9. The number of nitrogens with zero attached hydrogens (tertiary/aromatic N) is 3. The van der Waals surface area contributed by atoms with Gasteiger partial charge < -0.3 is 0 Å². The van der Waals surface area contributed by atoms with Crippen LogP contribution in [0.25, 0.3) is 101 Å². The van der Waals surface area contributed by atoms with Crippen LogP contribution in [0.15, 0.2) is 237 Å². The predicted molar refractivity (Wildman–Crippen MR) is 249 cm³/mol. The number of hydrogen-bond donors (Lipinski definition) is 0. The summed E-state index contributed by atoms with van der Waals surface area (Å²) < 4.78 is 0. The van der Waals surface area contributed by atoms with E-state index in [1.165, 1.54) is 16.7 Å². The van der Waals surface area contributed by atoms with Gasteiger partial charge in [-0.05, 0) is 85.0 Å². The summed E-state index contributed by atoms with van der Waals surface area (Å²) in [7, 11) is 0. The number of rotatable bonds is 9. The van der Waals surface area contributed by atoms with Gasteiger partial charge in [-0.1, -0.05) is 218 Å². The smallest absolute Gasteiger partial charge is 0.164 e. The second-order valence-corrected chi connectivity index (χ2v) is 14.8. The van der Waals surface area contributed by atoms with Crippen molar-refractivity contribution in [2.45, 2.75) is 0 Å². The molecule has 0 radical (unpaired) electrons. The van der Waals surface area contributed by atoms with E-state index in [4.69, 9.17) is 15.0 Å². The molecule has 0 atom stereocenters. The standard InChI is InChI=1S/C57H39N3/c1-5-19-40(20-6-1)46-37-47(41-21-7-2-8-22-41)39-48(38-46)56-58-55(45-35-33-44(34-36-45)50-28-14-13-27-49(50)42-23-9-3-10-24-42)59-57(60-56)54-32-18-17-31-53(54)52-30-16-15-29-51(52)43-25-11-4-12-26-43/h1-39H. The second kappa shape index (κ2) is 16.5. The van der Waals surface area contributed by atoms with Gasteiger partial charge in [-0.15, -0.1) is 0 Å². The molecule has 0 unspecified atom stereocenters. The Hall–Kier alpha value is -8.01. The van der Waals surface area contributed by atoms with E-state index in [1.54, 1.807) is 0 Å². The van der Waals surface area contributed by atoms with Crippen LogP contribution in [0.5, 0.6) is 0 Å². The largest absolute Gasteiger partial charge is 0.208 e. The molecule has 1 heterocycles. The molecule has 0 aliphatic carbocycles. The van der Waals surface area contributed by atoms with E-state index in [0.717, 1.165) is 66.8 Å². The highest BCUT2D eigenvalue weighted by atomic mass is 15.0. The van der Waals surface area contributed by atoms with Crippen LogP contribution >= 0.6 is 0 Å². The van der Waals surface area contributed by atoms with Crippen LogP contribution in [0.1, 0.15) is 0 Å². The van der Waals surface area contributed by atoms with E-state index in [-0.39, 0.29) is 0 Å². The van der Waals surface area contributed by atoms with E-state index >= 15 is 0 Å². The van der Waals surface area contributed by atoms with Crippen molar-refractivity contribution in [3.8, 4) is 101 Å². The molecular formula is C57H39N3. The Bertz CT molecular complexity index is 2990. The molecule has 0 fully saturated rings. The van der Waals surface area contributed by atoms with Gasteiger partial charge in [0.1, 0.15) is 0 Å². The number of benzene rings is 9. The maximum absolute atomic E-state index is 5.35. The van der Waals surface area contributed by atoms with Crippen molar-refractivity contribution < 1.29 is 0 Å². The van der Waals surface area contributed by atoms with Gasteiger partial charge >= 0.3 is 0 Å². The summed E-state index contributed by atoms with van der Waals surface area (Å²) in [5.41, 5.74) is 16.3. The lowest BCUT2D eigenvalue weighted by Gasteiger charge is -2.16. The zero-order chi connectivity index (χ0) is 40.1. The van der Waals surface area contributed by atoms with Crippen LogP contribution in [0.3, 0.4) is 0 Å². The van der Waals surface area contributed by atoms with Crippen molar-refractivity contribution in [1.29, 1.82) is 0 Å². The molecule has 0 aliphatic heterocycles. The Morgan fingerprint density at radius 2 is 0.450 bits per heavy atom. The highest BCUT2D eigenvalue weighted by Crippen LogP contribution is 2.39. The molecule has 1 aromatic heterocycles. The average molecular weight is 766 g/mol. The minimum absolute atomic E-state index is 0.606. The van der Waals surface area contributed by atoms with Crippen LogP contribution in [-0.4, -0.2) is 15.0 Å². The van der Waals surface area contributed by atoms with Crippen LogP contribution in [0.4, 0.5) is 0 Å². The topological polar surface area (TPSA) is 38.7 Å². The summed E-state index contributed by atoms with van der Waals surface area (Å²) in [5, 5.41) is 0. The minimum Gasteiger partial charge on any atom is -0.208 e. The monoisotopic (exact) mass is 765 g/mol. The molecule has 10 rings (SSSR count). The van der Waals surface area contributed by atoms with Crippen molar-refractivity contribution in [2.75, 3.05) is 0 Å². The third kappa shape index (κ3) is 7.44. The van der Waals surface area contributed by atoms with Gasteiger partial charge in [0.25, 0.3) is 0 Å². The molecule has 0 spiro atoms. The first-order chi connectivity index (χ1) is 29.7. The average Bonchev–Trinajstić information content (AvgIpc) is 3.35. The summed E-state index contributed by atoms with van der Waals surface area (Å²) in [6, 6.07) is 82.9. The van der Waals surface area contributed by atoms with E-state index in [0.29, 0.717) is 17.5 Å². The van der Waals surface area contributed by atoms with Gasteiger partial charge in [0.15, 0.2) is 17.5 Å².